The smallest absolute Gasteiger partial charge is 0.339 e. The number of phenols is 3. The van der Waals surface area contributed by atoms with Gasteiger partial charge in [-0.25, -0.2) is 9.59 Å². The average Bonchev–Trinajstić information content (AvgIpc) is 2.39. The minimum absolute atomic E-state index is 0.0671. The van der Waals surface area contributed by atoms with Crippen molar-refractivity contribution in [1.29, 1.82) is 0 Å². The van der Waals surface area contributed by atoms with E-state index in [1.54, 1.807) is 12.1 Å². The molecule has 2 aromatic carbocycles. The lowest BCUT2D eigenvalue weighted by atomic mass is 10.2. The summed E-state index contributed by atoms with van der Waals surface area (Å²) in [5.41, 5.74) is -0.287. The summed E-state index contributed by atoms with van der Waals surface area (Å²) in [6.45, 7) is 0. The molecular formula is C14H12O7. The number of aromatic carboxylic acids is 2. The third-order valence-electron chi connectivity index (χ3n) is 2.35. The number of carboxylic acids is 2. The molecule has 5 N–H and O–H groups in total. The predicted octanol–water partition coefficient (Wildman–Crippen LogP) is 1.89. The molecule has 0 saturated carbocycles. The van der Waals surface area contributed by atoms with E-state index in [-0.39, 0.29) is 22.6 Å². The van der Waals surface area contributed by atoms with Crippen LogP contribution in [0.25, 0.3) is 0 Å². The minimum atomic E-state index is -1.22. The Balaban J connectivity index is 0.000000211. The van der Waals surface area contributed by atoms with E-state index in [1.807, 2.05) is 0 Å². The van der Waals surface area contributed by atoms with Crippen molar-refractivity contribution >= 4 is 11.9 Å². The number of hydrogen-bond donors (Lipinski definition) is 5. The monoisotopic (exact) mass is 292 g/mol. The van der Waals surface area contributed by atoms with Gasteiger partial charge >= 0.3 is 11.9 Å². The van der Waals surface area contributed by atoms with Gasteiger partial charge in [-0.2, -0.15) is 0 Å². The standard InChI is InChI=1S/C7H6O4.C7H6O3/c8-4-1-2-5(7(10)11)6(9)3-4;8-6-4-2-1-3-5(6)7(9)10/h1-3,8-9H,(H,10,11);1-4,8H,(H,9,10). The molecule has 21 heavy (non-hydrogen) atoms. The zero-order valence-electron chi connectivity index (χ0n) is 10.6. The van der Waals surface area contributed by atoms with E-state index in [0.717, 1.165) is 12.1 Å². The Morgan fingerprint density at radius 3 is 1.67 bits per heavy atom. The van der Waals surface area contributed by atoms with Crippen molar-refractivity contribution in [2.45, 2.75) is 0 Å². The molecule has 2 aromatic rings. The second-order valence-electron chi connectivity index (χ2n) is 3.83. The van der Waals surface area contributed by atoms with Crippen molar-refractivity contribution in [3.63, 3.8) is 0 Å². The van der Waals surface area contributed by atoms with E-state index in [0.29, 0.717) is 0 Å². The zero-order chi connectivity index (χ0) is 16.0. The number of carbonyl (C=O) groups is 2. The zero-order valence-corrected chi connectivity index (χ0v) is 10.6. The number of phenolic OH excluding ortho intramolecular Hbond substituents is 1. The lowest BCUT2D eigenvalue weighted by Crippen LogP contribution is -1.95. The van der Waals surface area contributed by atoms with Crippen molar-refractivity contribution in [3.8, 4) is 17.2 Å². The van der Waals surface area contributed by atoms with Gasteiger partial charge in [0.05, 0.1) is 0 Å². The average molecular weight is 292 g/mol. The molecule has 0 radical (unpaired) electrons. The molecular weight excluding hydrogens is 280 g/mol. The van der Waals surface area contributed by atoms with Crippen LogP contribution in [0.5, 0.6) is 17.2 Å². The SMILES string of the molecule is O=C(O)c1ccc(O)cc1O.O=C(O)c1ccccc1O. The first-order valence-corrected chi connectivity index (χ1v) is 5.59. The van der Waals surface area contributed by atoms with Crippen LogP contribution in [-0.2, 0) is 0 Å². The summed E-state index contributed by atoms with van der Waals surface area (Å²) in [5, 5.41) is 43.4. The van der Waals surface area contributed by atoms with Gasteiger partial charge in [-0.05, 0) is 24.3 Å². The van der Waals surface area contributed by atoms with Gasteiger partial charge in [-0.15, -0.1) is 0 Å². The number of rotatable bonds is 2. The summed E-state index contributed by atoms with van der Waals surface area (Å²) in [5.74, 6) is -3.12. The van der Waals surface area contributed by atoms with Crippen LogP contribution < -0.4 is 0 Å². The molecule has 7 nitrogen and oxygen atoms in total. The summed E-state index contributed by atoms with van der Waals surface area (Å²) < 4.78 is 0. The fourth-order valence-electron chi connectivity index (χ4n) is 1.36. The van der Waals surface area contributed by atoms with Crippen molar-refractivity contribution in [2.75, 3.05) is 0 Å². The van der Waals surface area contributed by atoms with Gasteiger partial charge in [0.15, 0.2) is 0 Å². The maximum Gasteiger partial charge on any atom is 0.339 e. The number of aromatic hydroxyl groups is 3. The minimum Gasteiger partial charge on any atom is -0.508 e. The van der Waals surface area contributed by atoms with Crippen molar-refractivity contribution in [3.05, 3.63) is 53.6 Å². The molecule has 0 saturated heterocycles. The topological polar surface area (TPSA) is 135 Å². The molecule has 0 amide bonds. The summed E-state index contributed by atoms with van der Waals surface area (Å²) in [7, 11) is 0. The van der Waals surface area contributed by atoms with Crippen LogP contribution in [-0.4, -0.2) is 37.5 Å². The molecule has 110 valence electrons. The molecule has 0 fully saturated rings. The molecule has 0 bridgehead atoms. The molecule has 0 atom stereocenters. The molecule has 7 heteroatoms. The van der Waals surface area contributed by atoms with Gasteiger partial charge in [-0.3, -0.25) is 0 Å². The third kappa shape index (κ3) is 4.43. The molecule has 2 rings (SSSR count). The van der Waals surface area contributed by atoms with Crippen molar-refractivity contribution in [1.82, 2.24) is 0 Å². The van der Waals surface area contributed by atoms with E-state index in [4.69, 9.17) is 25.5 Å². The summed E-state index contributed by atoms with van der Waals surface area (Å²) in [4.78, 5) is 20.6. The van der Waals surface area contributed by atoms with E-state index >= 15 is 0 Å². The van der Waals surface area contributed by atoms with E-state index in [9.17, 15) is 9.59 Å². The Morgan fingerprint density at radius 1 is 0.714 bits per heavy atom. The van der Waals surface area contributed by atoms with Gasteiger partial charge in [0.2, 0.25) is 0 Å². The number of benzene rings is 2. The van der Waals surface area contributed by atoms with Crippen LogP contribution in [0.3, 0.4) is 0 Å². The predicted molar refractivity (Wildman–Crippen MR) is 71.8 cm³/mol. The second kappa shape index (κ2) is 6.80. The van der Waals surface area contributed by atoms with Crippen molar-refractivity contribution in [2.24, 2.45) is 0 Å². The third-order valence-corrected chi connectivity index (χ3v) is 2.35. The largest absolute Gasteiger partial charge is 0.508 e. The van der Waals surface area contributed by atoms with Gasteiger partial charge < -0.3 is 25.5 Å². The maximum atomic E-state index is 10.3. The lowest BCUT2D eigenvalue weighted by Gasteiger charge is -1.97. The van der Waals surface area contributed by atoms with Crippen LogP contribution in [0.15, 0.2) is 42.5 Å². The number of carboxylic acid groups (broad SMARTS) is 2. The summed E-state index contributed by atoms with van der Waals surface area (Å²) in [6, 6.07) is 9.12. The fraction of sp³-hybridized carbons (Fsp3) is 0. The van der Waals surface area contributed by atoms with Crippen LogP contribution in [0.2, 0.25) is 0 Å². The van der Waals surface area contributed by atoms with E-state index < -0.39 is 17.7 Å². The van der Waals surface area contributed by atoms with Crippen LogP contribution >= 0.6 is 0 Å². The quantitative estimate of drug-likeness (QED) is 0.570. The molecule has 0 spiro atoms. The Bertz CT molecular complexity index is 664. The van der Waals surface area contributed by atoms with E-state index in [2.05, 4.69) is 0 Å². The Morgan fingerprint density at radius 2 is 1.24 bits per heavy atom. The van der Waals surface area contributed by atoms with Gasteiger partial charge in [0.1, 0.15) is 28.4 Å². The molecule has 0 aromatic heterocycles. The first-order chi connectivity index (χ1) is 9.82. The highest BCUT2D eigenvalue weighted by Gasteiger charge is 2.08. The normalized spacial score (nSPS) is 9.33. The lowest BCUT2D eigenvalue weighted by molar-refractivity contribution is 0.0682. The first-order valence-electron chi connectivity index (χ1n) is 5.59. The van der Waals surface area contributed by atoms with Gasteiger partial charge in [0, 0.05) is 6.07 Å². The molecule has 0 unspecified atom stereocenters. The molecule has 0 aliphatic heterocycles. The highest BCUT2D eigenvalue weighted by molar-refractivity contribution is 5.91. The Hall–Kier alpha value is -3.22. The van der Waals surface area contributed by atoms with Gasteiger partial charge in [-0.1, -0.05) is 12.1 Å². The van der Waals surface area contributed by atoms with E-state index in [1.165, 1.54) is 18.2 Å². The highest BCUT2D eigenvalue weighted by atomic mass is 16.4. The van der Waals surface area contributed by atoms with Gasteiger partial charge in [0.25, 0.3) is 0 Å². The fourth-order valence-corrected chi connectivity index (χ4v) is 1.36. The summed E-state index contributed by atoms with van der Waals surface area (Å²) >= 11 is 0. The molecule has 0 aliphatic carbocycles. The molecule has 0 heterocycles. The van der Waals surface area contributed by atoms with Crippen molar-refractivity contribution < 1.29 is 35.1 Å². The second-order valence-corrected chi connectivity index (χ2v) is 3.83. The van der Waals surface area contributed by atoms with Crippen LogP contribution in [0, 0.1) is 0 Å². The first kappa shape index (κ1) is 15.8. The Labute approximate surface area is 119 Å². The highest BCUT2D eigenvalue weighted by Crippen LogP contribution is 2.21. The van der Waals surface area contributed by atoms with Crippen LogP contribution in [0.4, 0.5) is 0 Å². The molecule has 0 aliphatic rings. The Kier molecular flexibility index (Phi) is 5.13. The van der Waals surface area contributed by atoms with Crippen LogP contribution in [0.1, 0.15) is 20.7 Å². The summed E-state index contributed by atoms with van der Waals surface area (Å²) in [6.07, 6.45) is 0. The maximum absolute atomic E-state index is 10.3. The number of hydrogen-bond acceptors (Lipinski definition) is 5. The number of para-hydroxylation sites is 1.